The van der Waals surface area contributed by atoms with E-state index in [-0.39, 0.29) is 62.0 Å². The van der Waals surface area contributed by atoms with Gasteiger partial charge in [0.25, 0.3) is 0 Å². The molecule has 0 aliphatic rings. The van der Waals surface area contributed by atoms with E-state index in [2.05, 4.69) is 55.2 Å². The van der Waals surface area contributed by atoms with E-state index in [9.17, 15) is 63.0 Å². The summed E-state index contributed by atoms with van der Waals surface area (Å²) in [7, 11) is 0. The van der Waals surface area contributed by atoms with Crippen LogP contribution in [0, 0.1) is 11.8 Å². The summed E-state index contributed by atoms with van der Waals surface area (Å²) in [6, 6.07) is -5.08. The topological polar surface area (TPSA) is 429 Å². The summed E-state index contributed by atoms with van der Waals surface area (Å²) in [6.45, 7) is 7.91. The third-order valence-electron chi connectivity index (χ3n) is 10.3. The van der Waals surface area contributed by atoms with Gasteiger partial charge in [0.15, 0.2) is 0 Å². The predicted octanol–water partition coefficient (Wildman–Crippen LogP) is -3.83. The number of nitrogens with one attached hydrogen (secondary N) is 8. The lowest BCUT2D eigenvalue weighted by atomic mass is 10.00. The number of aliphatic carboxylic acids is 1. The van der Waals surface area contributed by atoms with E-state index in [0.717, 1.165) is 0 Å². The average molecular weight is 1010 g/mol. The molecule has 0 aliphatic carbocycles. The number of rotatable bonds is 33. The second-order valence-corrected chi connectivity index (χ2v) is 18.0. The molecule has 0 spiro atoms. The second kappa shape index (κ2) is 31.6. The first-order chi connectivity index (χ1) is 32.8. The molecule has 1 aromatic carbocycles. The van der Waals surface area contributed by atoms with Gasteiger partial charge in [0.2, 0.25) is 59.1 Å². The summed E-state index contributed by atoms with van der Waals surface area (Å²) >= 11 is 4.09. The molecule has 0 saturated heterocycles. The van der Waals surface area contributed by atoms with Gasteiger partial charge in [-0.15, -0.1) is 0 Å². The van der Waals surface area contributed by atoms with E-state index in [4.69, 9.17) is 22.9 Å². The van der Waals surface area contributed by atoms with Crippen LogP contribution in [0.1, 0.15) is 91.5 Å². The molecule has 0 heterocycles. The molecule has 18 N–H and O–H groups in total. The van der Waals surface area contributed by atoms with Crippen molar-refractivity contribution in [2.75, 3.05) is 18.8 Å². The summed E-state index contributed by atoms with van der Waals surface area (Å²) in [4.78, 5) is 142. The molecule has 0 saturated carbocycles. The van der Waals surface area contributed by atoms with Gasteiger partial charge in [-0.05, 0) is 81.5 Å². The van der Waals surface area contributed by atoms with Crippen molar-refractivity contribution in [1.29, 1.82) is 0 Å². The number of carbonyl (C=O) groups excluding carboxylic acids is 10. The van der Waals surface area contributed by atoms with Crippen LogP contribution >= 0.6 is 12.6 Å². The number of carboxylic acids is 1. The molecule has 10 amide bonds. The number of phenols is 1. The van der Waals surface area contributed by atoms with Crippen LogP contribution in [0.4, 0.5) is 0 Å². The maximum atomic E-state index is 14.2. The minimum Gasteiger partial charge on any atom is -0.508 e. The molecule has 1 rings (SSSR count). The Labute approximate surface area is 412 Å². The molecule has 8 atom stereocenters. The molecular weight excluding hydrogens is 937 g/mol. The largest absolute Gasteiger partial charge is 0.508 e. The number of carbonyl (C=O) groups is 11. The van der Waals surface area contributed by atoms with Crippen molar-refractivity contribution < 1.29 is 63.0 Å². The molecule has 25 nitrogen and oxygen atoms in total. The van der Waals surface area contributed by atoms with Crippen LogP contribution in [-0.2, 0) is 59.2 Å². The number of carboxylic acid groups (broad SMARTS) is 1. The Morgan fingerprint density at radius 3 is 1.60 bits per heavy atom. The maximum absolute atomic E-state index is 14.2. The Bertz CT molecular complexity index is 1970. The van der Waals surface area contributed by atoms with Gasteiger partial charge in [-0.25, -0.2) is 4.79 Å². The van der Waals surface area contributed by atoms with Crippen LogP contribution in [-0.4, -0.2) is 142 Å². The van der Waals surface area contributed by atoms with Crippen LogP contribution in [0.3, 0.4) is 0 Å². The Morgan fingerprint density at radius 2 is 1.09 bits per heavy atom. The van der Waals surface area contributed by atoms with Crippen molar-refractivity contribution >= 4 is 77.7 Å². The lowest BCUT2D eigenvalue weighted by Crippen LogP contribution is -2.59. The Balaban J connectivity index is 3.35. The number of nitrogens with two attached hydrogens (primary N) is 4. The number of primary amides is 2. The van der Waals surface area contributed by atoms with E-state index in [1.54, 1.807) is 27.7 Å². The van der Waals surface area contributed by atoms with Crippen molar-refractivity contribution in [1.82, 2.24) is 42.5 Å². The van der Waals surface area contributed by atoms with E-state index in [1.807, 2.05) is 0 Å². The first kappa shape index (κ1) is 61.5. The van der Waals surface area contributed by atoms with Crippen LogP contribution in [0.5, 0.6) is 5.75 Å². The molecule has 0 radical (unpaired) electrons. The molecular formula is C44H72N12O13S. The van der Waals surface area contributed by atoms with E-state index in [1.165, 1.54) is 31.2 Å². The predicted molar refractivity (Wildman–Crippen MR) is 258 cm³/mol. The van der Waals surface area contributed by atoms with E-state index < -0.39 is 133 Å². The van der Waals surface area contributed by atoms with Crippen molar-refractivity contribution in [2.24, 2.45) is 34.8 Å². The van der Waals surface area contributed by atoms with Gasteiger partial charge in [0.05, 0.1) is 19.0 Å². The number of amides is 10. The first-order valence-electron chi connectivity index (χ1n) is 22.8. The highest BCUT2D eigenvalue weighted by Crippen LogP contribution is 2.14. The molecule has 1 aromatic rings. The molecule has 392 valence electrons. The molecule has 0 unspecified atom stereocenters. The zero-order valence-electron chi connectivity index (χ0n) is 40.2. The number of aromatic hydroxyl groups is 1. The highest BCUT2D eigenvalue weighted by molar-refractivity contribution is 7.80. The van der Waals surface area contributed by atoms with E-state index in [0.29, 0.717) is 18.4 Å². The van der Waals surface area contributed by atoms with Crippen molar-refractivity contribution in [2.45, 2.75) is 141 Å². The number of thiol groups is 1. The third-order valence-corrected chi connectivity index (χ3v) is 10.7. The summed E-state index contributed by atoms with van der Waals surface area (Å²) in [5.41, 5.74) is 22.1. The number of hydrogen-bond acceptors (Lipinski definition) is 15. The number of hydrogen-bond donors (Lipinski definition) is 15. The van der Waals surface area contributed by atoms with Gasteiger partial charge < -0.3 is 75.7 Å². The minimum absolute atomic E-state index is 0.0260. The normalized spacial score (nSPS) is 14.5. The summed E-state index contributed by atoms with van der Waals surface area (Å²) in [5.74, 6) is -10.5. The van der Waals surface area contributed by atoms with Crippen molar-refractivity contribution in [3.63, 3.8) is 0 Å². The molecule has 0 aromatic heterocycles. The quantitative estimate of drug-likeness (QED) is 0.0237. The second-order valence-electron chi connectivity index (χ2n) is 17.6. The Hall–Kier alpha value is -6.54. The van der Waals surface area contributed by atoms with Crippen molar-refractivity contribution in [3.05, 3.63) is 29.8 Å². The van der Waals surface area contributed by atoms with Gasteiger partial charge in [0.1, 0.15) is 48.0 Å². The van der Waals surface area contributed by atoms with Gasteiger partial charge in [-0.3, -0.25) is 47.9 Å². The fourth-order valence-corrected chi connectivity index (χ4v) is 6.86. The van der Waals surface area contributed by atoms with Gasteiger partial charge in [-0.1, -0.05) is 39.8 Å². The Morgan fingerprint density at radius 1 is 0.586 bits per heavy atom. The Kier molecular flexibility index (Phi) is 27.7. The monoisotopic (exact) mass is 1010 g/mol. The molecule has 0 bridgehead atoms. The van der Waals surface area contributed by atoms with Crippen LogP contribution < -0.4 is 65.5 Å². The fourth-order valence-electron chi connectivity index (χ4n) is 6.60. The molecule has 26 heteroatoms. The lowest BCUT2D eigenvalue weighted by molar-refractivity contribution is -0.143. The summed E-state index contributed by atoms with van der Waals surface area (Å²) < 4.78 is 0. The minimum atomic E-state index is -1.52. The summed E-state index contributed by atoms with van der Waals surface area (Å²) in [6.07, 6.45) is -0.488. The lowest BCUT2D eigenvalue weighted by Gasteiger charge is -2.27. The van der Waals surface area contributed by atoms with Crippen molar-refractivity contribution in [3.8, 4) is 5.75 Å². The average Bonchev–Trinajstić information content (AvgIpc) is 3.27. The molecule has 70 heavy (non-hydrogen) atoms. The third kappa shape index (κ3) is 24.1. The van der Waals surface area contributed by atoms with Gasteiger partial charge in [-0.2, -0.15) is 12.6 Å². The standard InChI is InChI=1S/C44H72N12O13S/c1-22(2)16-30(51-36(60)20-49-39(63)33(21-70)56-37(61)24(5)50-38(62)27(46)19-35(48)59)42(66)54-31(18-25-9-11-26(57)12-10-25)43(67)53-29(13-14-34(47)58)41(65)52-28(8-6-7-15-45)40(64)55-32(44(68)69)17-23(3)4/h9-12,22-24,27-33,57,70H,6-8,13-21,45-46H2,1-5H3,(H2,47,58)(H2,48,59)(H,49,63)(H,50,62)(H,51,60)(H,52,65)(H,53,67)(H,54,66)(H,55,64)(H,56,61)(H,68,69)/t24-,27-,28-,29-,30-,31-,32-,33-/m0/s1. The van der Waals surface area contributed by atoms with E-state index >= 15 is 0 Å². The molecule has 0 fully saturated rings. The highest BCUT2D eigenvalue weighted by Gasteiger charge is 2.34. The highest BCUT2D eigenvalue weighted by atomic mass is 32.1. The summed E-state index contributed by atoms with van der Waals surface area (Å²) in [5, 5.41) is 39.3. The zero-order chi connectivity index (χ0) is 53.2. The fraction of sp³-hybridized carbons (Fsp3) is 0.614. The molecule has 0 aliphatic heterocycles. The SMILES string of the molecule is CC(C)C[C@H](NC(=O)[C@H](CCCCN)NC(=O)[C@H](CCC(N)=O)NC(=O)[C@H](Cc1ccc(O)cc1)NC(=O)[C@H](CC(C)C)NC(=O)CNC(=O)[C@H](CS)NC(=O)[C@H](C)NC(=O)[C@@H](N)CC(N)=O)C(=O)O. The van der Waals surface area contributed by atoms with Crippen LogP contribution in [0.2, 0.25) is 0 Å². The number of benzene rings is 1. The maximum Gasteiger partial charge on any atom is 0.326 e. The van der Waals surface area contributed by atoms with Crippen LogP contribution in [0.25, 0.3) is 0 Å². The first-order valence-corrected chi connectivity index (χ1v) is 23.4. The number of phenolic OH excluding ortho intramolecular Hbond substituents is 1. The smallest absolute Gasteiger partial charge is 0.326 e. The number of unbranched alkanes of at least 4 members (excludes halogenated alkanes) is 1. The van der Waals surface area contributed by atoms with Crippen LogP contribution in [0.15, 0.2) is 24.3 Å². The van der Waals surface area contributed by atoms with Gasteiger partial charge in [0, 0.05) is 18.6 Å². The van der Waals surface area contributed by atoms with Gasteiger partial charge >= 0.3 is 5.97 Å². The zero-order valence-corrected chi connectivity index (χ0v) is 41.1.